The number of sulfonamides is 1. The summed E-state index contributed by atoms with van der Waals surface area (Å²) in [5.41, 5.74) is 0. The van der Waals surface area contributed by atoms with Crippen LogP contribution >= 0.6 is 0 Å². The first kappa shape index (κ1) is 9.00. The van der Waals surface area contributed by atoms with Crippen LogP contribution in [-0.4, -0.2) is 21.2 Å². The predicted molar refractivity (Wildman–Crippen MR) is 44.8 cm³/mol. The minimum absolute atomic E-state index is 0.323. The molecule has 1 fully saturated rings. The second kappa shape index (κ2) is 3.54. The molecule has 0 aromatic carbocycles. The second-order valence-electron chi connectivity index (χ2n) is 3.14. The van der Waals surface area contributed by atoms with Gasteiger partial charge in [0.15, 0.2) is 0 Å². The first-order chi connectivity index (χ1) is 5.14. The zero-order valence-corrected chi connectivity index (χ0v) is 7.65. The van der Waals surface area contributed by atoms with Crippen LogP contribution in [0.1, 0.15) is 25.7 Å². The quantitative estimate of drug-likeness (QED) is 0.690. The van der Waals surface area contributed by atoms with Gasteiger partial charge in [-0.2, -0.15) is 0 Å². The van der Waals surface area contributed by atoms with Crippen molar-refractivity contribution in [1.82, 2.24) is 4.72 Å². The Morgan fingerprint density at radius 2 is 1.91 bits per heavy atom. The van der Waals surface area contributed by atoms with E-state index >= 15 is 0 Å². The molecule has 4 heteroatoms. The van der Waals surface area contributed by atoms with Crippen LogP contribution in [0.5, 0.6) is 0 Å². The normalized spacial score (nSPS) is 20.8. The summed E-state index contributed by atoms with van der Waals surface area (Å²) < 4.78 is 24.4. The van der Waals surface area contributed by atoms with Crippen molar-refractivity contribution in [2.45, 2.75) is 25.7 Å². The van der Waals surface area contributed by atoms with E-state index in [1.807, 2.05) is 0 Å². The average Bonchev–Trinajstić information content (AvgIpc) is 2.39. The third-order valence-electron chi connectivity index (χ3n) is 2.24. The lowest BCUT2D eigenvalue weighted by Crippen LogP contribution is -2.25. The molecule has 1 aliphatic rings. The Labute approximate surface area is 68.2 Å². The second-order valence-corrected chi connectivity index (χ2v) is 5.11. The van der Waals surface area contributed by atoms with Gasteiger partial charge < -0.3 is 0 Å². The van der Waals surface area contributed by atoms with Gasteiger partial charge in [0, 0.05) is 0 Å². The minimum atomic E-state index is -2.95. The molecule has 0 amide bonds. The number of nitrogens with one attached hydrogen (secondary N) is 1. The summed E-state index contributed by atoms with van der Waals surface area (Å²) in [6.07, 6.45) is 4.57. The maximum Gasteiger partial charge on any atom is 0.211 e. The van der Waals surface area contributed by atoms with Crippen molar-refractivity contribution in [3.05, 3.63) is 0 Å². The summed E-state index contributed by atoms with van der Waals surface area (Å²) in [6.45, 7) is 0. The van der Waals surface area contributed by atoms with Crippen LogP contribution < -0.4 is 4.72 Å². The number of hydrogen-bond donors (Lipinski definition) is 1. The van der Waals surface area contributed by atoms with Gasteiger partial charge in [-0.15, -0.1) is 0 Å². The summed E-state index contributed by atoms with van der Waals surface area (Å²) in [7, 11) is -1.48. The van der Waals surface area contributed by atoms with E-state index in [4.69, 9.17) is 0 Å². The van der Waals surface area contributed by atoms with Crippen molar-refractivity contribution in [1.29, 1.82) is 0 Å². The van der Waals surface area contributed by atoms with Crippen LogP contribution in [0.2, 0.25) is 0 Å². The standard InChI is InChI=1S/C7H15NO2S/c1-8-11(9,10)6-7-4-2-3-5-7/h7-8H,2-6H2,1H3. The Morgan fingerprint density at radius 1 is 1.36 bits per heavy atom. The van der Waals surface area contributed by atoms with Gasteiger partial charge in [-0.25, -0.2) is 13.1 Å². The lowest BCUT2D eigenvalue weighted by atomic mass is 10.1. The van der Waals surface area contributed by atoms with E-state index in [9.17, 15) is 8.42 Å². The molecule has 0 bridgehead atoms. The molecule has 0 saturated heterocycles. The van der Waals surface area contributed by atoms with Crippen LogP contribution in [0.4, 0.5) is 0 Å². The minimum Gasteiger partial charge on any atom is -0.218 e. The molecule has 1 rings (SSSR count). The summed E-state index contributed by atoms with van der Waals surface area (Å²) in [4.78, 5) is 0. The molecule has 1 aliphatic carbocycles. The maximum atomic E-state index is 11.0. The van der Waals surface area contributed by atoms with Crippen molar-refractivity contribution in [3.63, 3.8) is 0 Å². The molecule has 0 atom stereocenters. The number of rotatable bonds is 3. The Balaban J connectivity index is 2.41. The predicted octanol–water partition coefficient (Wildman–Crippen LogP) is 0.726. The smallest absolute Gasteiger partial charge is 0.211 e. The SMILES string of the molecule is CNS(=O)(=O)CC1CCCC1. The fourth-order valence-corrected chi connectivity index (χ4v) is 2.69. The van der Waals surface area contributed by atoms with Gasteiger partial charge in [0.25, 0.3) is 0 Å². The average molecular weight is 177 g/mol. The van der Waals surface area contributed by atoms with Gasteiger partial charge in [0.2, 0.25) is 10.0 Å². The molecular formula is C7H15NO2S. The first-order valence-electron chi connectivity index (χ1n) is 4.05. The van der Waals surface area contributed by atoms with Crippen molar-refractivity contribution in [2.75, 3.05) is 12.8 Å². The summed E-state index contributed by atoms with van der Waals surface area (Å²) >= 11 is 0. The topological polar surface area (TPSA) is 46.2 Å². The van der Waals surface area contributed by atoms with E-state index in [0.29, 0.717) is 11.7 Å². The summed E-state index contributed by atoms with van der Waals surface area (Å²) in [6, 6.07) is 0. The van der Waals surface area contributed by atoms with E-state index in [1.165, 1.54) is 19.9 Å². The number of hydrogen-bond acceptors (Lipinski definition) is 2. The molecule has 66 valence electrons. The molecule has 1 N–H and O–H groups in total. The van der Waals surface area contributed by atoms with Gasteiger partial charge in [0.05, 0.1) is 5.75 Å². The van der Waals surface area contributed by atoms with Gasteiger partial charge in [-0.3, -0.25) is 0 Å². The molecule has 11 heavy (non-hydrogen) atoms. The fourth-order valence-electron chi connectivity index (χ4n) is 1.57. The highest BCUT2D eigenvalue weighted by Crippen LogP contribution is 2.25. The van der Waals surface area contributed by atoms with Gasteiger partial charge in [-0.05, 0) is 25.8 Å². The van der Waals surface area contributed by atoms with Crippen LogP contribution in [0.3, 0.4) is 0 Å². The van der Waals surface area contributed by atoms with E-state index in [0.717, 1.165) is 12.8 Å². The molecular weight excluding hydrogens is 162 g/mol. The van der Waals surface area contributed by atoms with Gasteiger partial charge in [-0.1, -0.05) is 12.8 Å². The monoisotopic (exact) mass is 177 g/mol. The third kappa shape index (κ3) is 2.79. The molecule has 0 aliphatic heterocycles. The first-order valence-corrected chi connectivity index (χ1v) is 5.70. The maximum absolute atomic E-state index is 11.0. The van der Waals surface area contributed by atoms with Gasteiger partial charge in [0.1, 0.15) is 0 Å². The lowest BCUT2D eigenvalue weighted by Gasteiger charge is -2.07. The highest BCUT2D eigenvalue weighted by Gasteiger charge is 2.20. The van der Waals surface area contributed by atoms with Crippen molar-refractivity contribution in [3.8, 4) is 0 Å². The van der Waals surface area contributed by atoms with Crippen LogP contribution in [0, 0.1) is 5.92 Å². The molecule has 0 aromatic heterocycles. The molecule has 0 unspecified atom stereocenters. The van der Waals surface area contributed by atoms with Crippen LogP contribution in [0.25, 0.3) is 0 Å². The summed E-state index contributed by atoms with van der Waals surface area (Å²) in [5, 5.41) is 0. The zero-order chi connectivity index (χ0) is 8.32. The molecule has 0 aromatic rings. The van der Waals surface area contributed by atoms with Crippen LogP contribution in [-0.2, 0) is 10.0 Å². The largest absolute Gasteiger partial charge is 0.218 e. The van der Waals surface area contributed by atoms with E-state index < -0.39 is 10.0 Å². The molecule has 0 heterocycles. The van der Waals surface area contributed by atoms with Crippen LogP contribution in [0.15, 0.2) is 0 Å². The Morgan fingerprint density at radius 3 is 2.36 bits per heavy atom. The van der Waals surface area contributed by atoms with Crippen molar-refractivity contribution >= 4 is 10.0 Å². The van der Waals surface area contributed by atoms with E-state index in [2.05, 4.69) is 4.72 Å². The zero-order valence-electron chi connectivity index (χ0n) is 6.84. The van der Waals surface area contributed by atoms with Gasteiger partial charge >= 0.3 is 0 Å². The third-order valence-corrected chi connectivity index (χ3v) is 3.77. The highest BCUT2D eigenvalue weighted by atomic mass is 32.2. The van der Waals surface area contributed by atoms with Crippen molar-refractivity contribution in [2.24, 2.45) is 5.92 Å². The molecule has 0 spiro atoms. The van der Waals surface area contributed by atoms with Crippen molar-refractivity contribution < 1.29 is 8.42 Å². The molecule has 3 nitrogen and oxygen atoms in total. The molecule has 1 saturated carbocycles. The van der Waals surface area contributed by atoms with E-state index in [1.54, 1.807) is 0 Å². The molecule has 0 radical (unpaired) electrons. The summed E-state index contributed by atoms with van der Waals surface area (Å²) in [5.74, 6) is 0.733. The Bertz CT molecular complexity index is 204. The highest BCUT2D eigenvalue weighted by molar-refractivity contribution is 7.89. The Kier molecular flexibility index (Phi) is 2.90. The van der Waals surface area contributed by atoms with E-state index in [-0.39, 0.29) is 0 Å². The lowest BCUT2D eigenvalue weighted by molar-refractivity contribution is 0.552. The fraction of sp³-hybridized carbons (Fsp3) is 1.00. The Hall–Kier alpha value is -0.0900.